The van der Waals surface area contributed by atoms with Gasteiger partial charge in [0.15, 0.2) is 11.6 Å². The zero-order valence-corrected chi connectivity index (χ0v) is 13.2. The first kappa shape index (κ1) is 18.7. The molecule has 0 fully saturated rings. The van der Waals surface area contributed by atoms with E-state index in [2.05, 4.69) is 15.6 Å². The van der Waals surface area contributed by atoms with Crippen molar-refractivity contribution < 1.29 is 27.2 Å². The Morgan fingerprint density at radius 3 is 2.60 bits per heavy atom. The number of hydrogen-bond donors (Lipinski definition) is 2. The zero-order valence-electron chi connectivity index (χ0n) is 12.4. The maximum atomic E-state index is 13.0. The molecule has 1 aromatic carbocycles. The van der Waals surface area contributed by atoms with Crippen LogP contribution in [0.25, 0.3) is 0 Å². The van der Waals surface area contributed by atoms with E-state index < -0.39 is 35.8 Å². The molecule has 0 aliphatic rings. The minimum absolute atomic E-state index is 0.00784. The number of halogens is 4. The maximum absolute atomic E-state index is 13.0. The Bertz CT molecular complexity index is 789. The highest BCUT2D eigenvalue weighted by molar-refractivity contribution is 7.99. The molecule has 2 amide bonds. The molecule has 0 saturated heterocycles. The molecule has 0 aliphatic carbocycles. The molecular formula is C15H11F4N3O2S. The third-order valence-electron chi connectivity index (χ3n) is 2.83. The predicted molar refractivity (Wildman–Crippen MR) is 83.4 cm³/mol. The first-order valence-electron chi connectivity index (χ1n) is 6.79. The molecule has 0 aliphatic heterocycles. The number of anilines is 1. The number of alkyl halides is 2. The third-order valence-corrected chi connectivity index (χ3v) is 3.56. The fourth-order valence-electron chi connectivity index (χ4n) is 1.78. The molecule has 0 bridgehead atoms. The number of pyridine rings is 1. The van der Waals surface area contributed by atoms with Crippen molar-refractivity contribution in [1.29, 1.82) is 0 Å². The van der Waals surface area contributed by atoms with Crippen molar-refractivity contribution in [3.8, 4) is 0 Å². The summed E-state index contributed by atoms with van der Waals surface area (Å²) in [5.74, 6) is -6.42. The third kappa shape index (κ3) is 5.45. The fraction of sp³-hybridized carbons (Fsp3) is 0.133. The van der Waals surface area contributed by atoms with Gasteiger partial charge in [-0.05, 0) is 36.0 Å². The molecule has 10 heteroatoms. The van der Waals surface area contributed by atoms with Crippen LogP contribution in [0.15, 0.2) is 41.6 Å². The van der Waals surface area contributed by atoms with Gasteiger partial charge in [-0.3, -0.25) is 9.59 Å². The molecule has 2 aromatic rings. The van der Waals surface area contributed by atoms with Gasteiger partial charge < -0.3 is 10.6 Å². The smallest absolute Gasteiger partial charge is 0.290 e. The number of rotatable bonds is 6. The van der Waals surface area contributed by atoms with E-state index in [1.54, 1.807) is 0 Å². The highest BCUT2D eigenvalue weighted by atomic mass is 32.2. The molecular weight excluding hydrogens is 362 g/mol. The summed E-state index contributed by atoms with van der Waals surface area (Å²) in [6, 6.07) is 5.46. The van der Waals surface area contributed by atoms with Crippen molar-refractivity contribution in [3.63, 3.8) is 0 Å². The first-order valence-corrected chi connectivity index (χ1v) is 7.67. The number of aromatic nitrogens is 1. The quantitative estimate of drug-likeness (QED) is 0.603. The van der Waals surface area contributed by atoms with Gasteiger partial charge in [0.05, 0.1) is 12.1 Å². The molecule has 0 spiro atoms. The van der Waals surface area contributed by atoms with Gasteiger partial charge in [-0.1, -0.05) is 0 Å². The standard InChI is InChI=1S/C15H11F4N3O2S/c16-10-4-3-8(6-11(10)17)22-12(23)7-21-13(24)9-2-1-5-20-14(9)25-15(18)19/h1-6,15H,7H2,(H,21,24)(H,22,23). The molecule has 2 N–H and O–H groups in total. The van der Waals surface area contributed by atoms with E-state index in [9.17, 15) is 27.2 Å². The highest BCUT2D eigenvalue weighted by Crippen LogP contribution is 2.26. The Morgan fingerprint density at radius 1 is 1.16 bits per heavy atom. The van der Waals surface area contributed by atoms with Crippen molar-refractivity contribution in [2.45, 2.75) is 10.8 Å². The normalized spacial score (nSPS) is 10.6. The van der Waals surface area contributed by atoms with Crippen LogP contribution in [0, 0.1) is 11.6 Å². The second kappa shape index (κ2) is 8.47. The summed E-state index contributed by atoms with van der Waals surface area (Å²) in [7, 11) is 0. The van der Waals surface area contributed by atoms with Crippen molar-refractivity contribution in [1.82, 2.24) is 10.3 Å². The number of nitrogens with one attached hydrogen (secondary N) is 2. The van der Waals surface area contributed by atoms with Gasteiger partial charge in [0.1, 0.15) is 5.03 Å². The molecule has 5 nitrogen and oxygen atoms in total. The van der Waals surface area contributed by atoms with E-state index in [1.165, 1.54) is 18.3 Å². The van der Waals surface area contributed by atoms with Gasteiger partial charge >= 0.3 is 0 Å². The van der Waals surface area contributed by atoms with Gasteiger partial charge in [-0.25, -0.2) is 13.8 Å². The van der Waals surface area contributed by atoms with Crippen molar-refractivity contribution in [2.75, 3.05) is 11.9 Å². The Balaban J connectivity index is 1.95. The van der Waals surface area contributed by atoms with E-state index in [4.69, 9.17) is 0 Å². The fourth-order valence-corrected chi connectivity index (χ4v) is 2.35. The summed E-state index contributed by atoms with van der Waals surface area (Å²) >= 11 is 0.110. The summed E-state index contributed by atoms with van der Waals surface area (Å²) in [5.41, 5.74) is -0.0955. The summed E-state index contributed by atoms with van der Waals surface area (Å²) in [6.07, 6.45) is 1.26. The monoisotopic (exact) mass is 373 g/mol. The minimum Gasteiger partial charge on any atom is -0.343 e. The second-order valence-corrected chi connectivity index (χ2v) is 5.57. The number of benzene rings is 1. The van der Waals surface area contributed by atoms with E-state index in [0.29, 0.717) is 0 Å². The molecule has 1 aromatic heterocycles. The zero-order chi connectivity index (χ0) is 18.4. The SMILES string of the molecule is O=C(CNC(=O)c1cccnc1SC(F)F)Nc1ccc(F)c(F)c1. The Hall–Kier alpha value is -2.62. The van der Waals surface area contributed by atoms with Gasteiger partial charge in [-0.2, -0.15) is 8.78 Å². The number of thioether (sulfide) groups is 1. The van der Waals surface area contributed by atoms with Crippen LogP contribution in [0.1, 0.15) is 10.4 Å². The van der Waals surface area contributed by atoms with Gasteiger partial charge in [0, 0.05) is 18.0 Å². The Kier molecular flexibility index (Phi) is 6.34. The van der Waals surface area contributed by atoms with Crippen LogP contribution < -0.4 is 10.6 Å². The van der Waals surface area contributed by atoms with Crippen LogP contribution in [0.2, 0.25) is 0 Å². The van der Waals surface area contributed by atoms with Crippen molar-refractivity contribution >= 4 is 29.3 Å². The molecule has 25 heavy (non-hydrogen) atoms. The van der Waals surface area contributed by atoms with E-state index in [-0.39, 0.29) is 28.0 Å². The first-order chi connectivity index (χ1) is 11.9. The summed E-state index contributed by atoms with van der Waals surface area (Å²) < 4.78 is 50.7. The summed E-state index contributed by atoms with van der Waals surface area (Å²) in [6.45, 7) is -0.495. The Labute approximate surface area is 143 Å². The molecule has 0 radical (unpaired) electrons. The lowest BCUT2D eigenvalue weighted by atomic mass is 10.2. The van der Waals surface area contributed by atoms with E-state index in [1.807, 2.05) is 0 Å². The lowest BCUT2D eigenvalue weighted by Crippen LogP contribution is -2.33. The van der Waals surface area contributed by atoms with E-state index >= 15 is 0 Å². The average Bonchev–Trinajstić information content (AvgIpc) is 2.56. The summed E-state index contributed by atoms with van der Waals surface area (Å²) in [5, 5.41) is 4.33. The van der Waals surface area contributed by atoms with Crippen LogP contribution >= 0.6 is 11.8 Å². The van der Waals surface area contributed by atoms with Crippen LogP contribution in [0.4, 0.5) is 23.2 Å². The summed E-state index contributed by atoms with van der Waals surface area (Å²) in [4.78, 5) is 27.4. The molecule has 0 saturated carbocycles. The van der Waals surface area contributed by atoms with Gasteiger partial charge in [0.25, 0.3) is 11.7 Å². The molecule has 0 atom stereocenters. The van der Waals surface area contributed by atoms with Crippen LogP contribution in [-0.4, -0.2) is 29.1 Å². The number of nitrogens with zero attached hydrogens (tertiary/aromatic N) is 1. The highest BCUT2D eigenvalue weighted by Gasteiger charge is 2.17. The molecule has 1 heterocycles. The van der Waals surface area contributed by atoms with Crippen LogP contribution in [-0.2, 0) is 4.79 Å². The lowest BCUT2D eigenvalue weighted by Gasteiger charge is -2.09. The van der Waals surface area contributed by atoms with Crippen molar-refractivity contribution in [2.24, 2.45) is 0 Å². The topological polar surface area (TPSA) is 71.1 Å². The van der Waals surface area contributed by atoms with E-state index in [0.717, 1.165) is 18.2 Å². The number of amides is 2. The number of carbonyl (C=O) groups is 2. The van der Waals surface area contributed by atoms with Gasteiger partial charge in [0.2, 0.25) is 5.91 Å². The average molecular weight is 373 g/mol. The molecule has 132 valence electrons. The second-order valence-electron chi connectivity index (χ2n) is 4.59. The largest absolute Gasteiger partial charge is 0.343 e. The number of carbonyl (C=O) groups excluding carboxylic acids is 2. The van der Waals surface area contributed by atoms with Crippen LogP contribution in [0.5, 0.6) is 0 Å². The van der Waals surface area contributed by atoms with Gasteiger partial charge in [-0.15, -0.1) is 0 Å². The molecule has 2 rings (SSSR count). The lowest BCUT2D eigenvalue weighted by molar-refractivity contribution is -0.115. The minimum atomic E-state index is -2.75. The van der Waals surface area contributed by atoms with Crippen molar-refractivity contribution in [3.05, 3.63) is 53.7 Å². The maximum Gasteiger partial charge on any atom is 0.290 e. The van der Waals surface area contributed by atoms with Crippen LogP contribution in [0.3, 0.4) is 0 Å². The number of hydrogen-bond acceptors (Lipinski definition) is 4. The Morgan fingerprint density at radius 2 is 1.92 bits per heavy atom. The molecule has 0 unspecified atom stereocenters. The predicted octanol–water partition coefficient (Wildman–Crippen LogP) is 3.04.